The number of carbonyl (C=O) groups excluding carboxylic acids is 3. The van der Waals surface area contributed by atoms with Crippen LogP contribution in [0, 0.1) is 11.3 Å². The summed E-state index contributed by atoms with van der Waals surface area (Å²) in [7, 11) is 1.58. The van der Waals surface area contributed by atoms with E-state index in [0.717, 1.165) is 26.2 Å². The highest BCUT2D eigenvalue weighted by Crippen LogP contribution is 2.38. The molecule has 0 aliphatic carbocycles. The van der Waals surface area contributed by atoms with Crippen LogP contribution in [0.5, 0.6) is 5.75 Å². The summed E-state index contributed by atoms with van der Waals surface area (Å²) >= 11 is 0. The van der Waals surface area contributed by atoms with Crippen LogP contribution in [-0.4, -0.2) is 85.0 Å². The van der Waals surface area contributed by atoms with Crippen LogP contribution in [0.15, 0.2) is 36.4 Å². The van der Waals surface area contributed by atoms with Crippen molar-refractivity contribution in [2.24, 2.45) is 11.3 Å². The molecule has 0 spiro atoms. The second kappa shape index (κ2) is 12.4. The Morgan fingerprint density at radius 2 is 1.61 bits per heavy atom. The second-order valence-electron chi connectivity index (χ2n) is 12.4. The van der Waals surface area contributed by atoms with E-state index in [-0.39, 0.29) is 41.1 Å². The Labute approximate surface area is 227 Å². The van der Waals surface area contributed by atoms with Gasteiger partial charge in [-0.15, -0.1) is 0 Å². The lowest BCUT2D eigenvalue weighted by atomic mass is 9.74. The zero-order chi connectivity index (χ0) is 28.1. The summed E-state index contributed by atoms with van der Waals surface area (Å²) in [5, 5.41) is 3.36. The number of piperidine rings is 1. The van der Waals surface area contributed by atoms with Crippen molar-refractivity contribution < 1.29 is 23.9 Å². The summed E-state index contributed by atoms with van der Waals surface area (Å²) in [6.07, 6.45) is 3.93. The van der Waals surface area contributed by atoms with E-state index in [4.69, 9.17) is 9.47 Å². The Morgan fingerprint density at radius 3 is 2.16 bits per heavy atom. The quantitative estimate of drug-likeness (QED) is 0.417. The number of methoxy groups -OCH3 is 1. The third-order valence-electron chi connectivity index (χ3n) is 7.33. The first-order valence-corrected chi connectivity index (χ1v) is 13.6. The lowest BCUT2D eigenvalue weighted by Gasteiger charge is -2.49. The van der Waals surface area contributed by atoms with E-state index >= 15 is 0 Å². The van der Waals surface area contributed by atoms with Gasteiger partial charge < -0.3 is 19.7 Å². The molecule has 210 valence electrons. The molecule has 2 aliphatic rings. The number of likely N-dealkylation sites (tertiary alicyclic amines) is 1. The fourth-order valence-electron chi connectivity index (χ4n) is 5.42. The first kappa shape index (κ1) is 29.8. The van der Waals surface area contributed by atoms with E-state index in [1.54, 1.807) is 31.4 Å². The fraction of sp³-hybridized carbons (Fsp3) is 0.633. The number of benzene rings is 1. The molecule has 1 aromatic carbocycles. The molecular formula is C30H45N3O5. The standard InChI is InChI=1S/C30H45N3O5/c1-29(2,3)26-20-22(14-17-33(26)28(36)38-30(4,5)6)27(32-18-15-31-16-19-32)25(35)13-12-24(34)21-8-10-23(37-7)11-9-21/h8-13,22,26-27,31H,14-20H2,1-7H3/b13-12+. The Bertz CT molecular complexity index is 1000. The minimum absolute atomic E-state index is 0.0582. The van der Waals surface area contributed by atoms with E-state index in [1.165, 1.54) is 12.2 Å². The Kier molecular flexibility index (Phi) is 9.76. The van der Waals surface area contributed by atoms with Crippen LogP contribution < -0.4 is 10.1 Å². The van der Waals surface area contributed by atoms with Crippen molar-refractivity contribution in [3.8, 4) is 5.75 Å². The SMILES string of the molecule is COc1ccc(C(=O)/C=C/C(=O)C(C2CCN(C(=O)OC(C)(C)C)C(C(C)(C)C)C2)N2CCNCC2)cc1. The lowest BCUT2D eigenvalue weighted by molar-refractivity contribution is -0.123. The molecule has 2 saturated heterocycles. The highest BCUT2D eigenvalue weighted by Gasteiger charge is 2.44. The maximum Gasteiger partial charge on any atom is 0.410 e. The highest BCUT2D eigenvalue weighted by atomic mass is 16.6. The van der Waals surface area contributed by atoms with Crippen LogP contribution in [0.4, 0.5) is 4.79 Å². The number of piperazine rings is 1. The lowest BCUT2D eigenvalue weighted by Crippen LogP contribution is -2.59. The zero-order valence-electron chi connectivity index (χ0n) is 24.1. The molecule has 38 heavy (non-hydrogen) atoms. The molecular weight excluding hydrogens is 482 g/mol. The highest BCUT2D eigenvalue weighted by molar-refractivity contribution is 6.08. The molecule has 2 aliphatic heterocycles. The zero-order valence-corrected chi connectivity index (χ0v) is 24.1. The fourth-order valence-corrected chi connectivity index (χ4v) is 5.42. The van der Waals surface area contributed by atoms with Crippen molar-refractivity contribution >= 4 is 17.7 Å². The van der Waals surface area contributed by atoms with E-state index in [0.29, 0.717) is 30.7 Å². The Balaban J connectivity index is 1.82. The summed E-state index contributed by atoms with van der Waals surface area (Å²) in [5.74, 6) is 0.459. The number of ether oxygens (including phenoxy) is 2. The van der Waals surface area contributed by atoms with Crippen molar-refractivity contribution in [1.82, 2.24) is 15.1 Å². The number of allylic oxidation sites excluding steroid dienone is 1. The van der Waals surface area contributed by atoms with Crippen LogP contribution in [0.3, 0.4) is 0 Å². The van der Waals surface area contributed by atoms with Gasteiger partial charge in [-0.05, 0) is 81.4 Å². The van der Waals surface area contributed by atoms with Gasteiger partial charge in [0.2, 0.25) is 0 Å². The van der Waals surface area contributed by atoms with Crippen LogP contribution in [0.25, 0.3) is 0 Å². The molecule has 0 aromatic heterocycles. The van der Waals surface area contributed by atoms with Crippen LogP contribution in [0.2, 0.25) is 0 Å². The molecule has 8 nitrogen and oxygen atoms in total. The van der Waals surface area contributed by atoms with Gasteiger partial charge in [0, 0.05) is 44.3 Å². The predicted molar refractivity (Wildman–Crippen MR) is 149 cm³/mol. The molecule has 0 saturated carbocycles. The smallest absolute Gasteiger partial charge is 0.410 e. The van der Waals surface area contributed by atoms with Crippen LogP contribution >= 0.6 is 0 Å². The molecule has 0 bridgehead atoms. The third kappa shape index (κ3) is 7.90. The first-order valence-electron chi connectivity index (χ1n) is 13.6. The average molecular weight is 528 g/mol. The molecule has 1 amide bonds. The summed E-state index contributed by atoms with van der Waals surface area (Å²) in [6, 6.07) is 6.45. The number of nitrogens with one attached hydrogen (secondary N) is 1. The van der Waals surface area contributed by atoms with E-state index in [1.807, 2.05) is 25.7 Å². The second-order valence-corrected chi connectivity index (χ2v) is 12.4. The van der Waals surface area contributed by atoms with Crippen LogP contribution in [0.1, 0.15) is 64.7 Å². The summed E-state index contributed by atoms with van der Waals surface area (Å²) in [4.78, 5) is 43.7. The molecule has 3 atom stereocenters. The normalized spacial score (nSPS) is 22.2. The number of ketones is 2. The van der Waals surface area contributed by atoms with E-state index in [2.05, 4.69) is 31.0 Å². The molecule has 2 fully saturated rings. The average Bonchev–Trinajstić information content (AvgIpc) is 2.86. The predicted octanol–water partition coefficient (Wildman–Crippen LogP) is 4.34. The van der Waals surface area contributed by atoms with E-state index < -0.39 is 5.60 Å². The van der Waals surface area contributed by atoms with Crippen LogP contribution in [-0.2, 0) is 9.53 Å². The molecule has 0 radical (unpaired) electrons. The number of hydrogen-bond donors (Lipinski definition) is 1. The Morgan fingerprint density at radius 1 is 0.974 bits per heavy atom. The van der Waals surface area contributed by atoms with Gasteiger partial charge in [0.05, 0.1) is 13.2 Å². The summed E-state index contributed by atoms with van der Waals surface area (Å²) in [5.41, 5.74) is -0.254. The number of amides is 1. The van der Waals surface area contributed by atoms with Gasteiger partial charge in [-0.2, -0.15) is 0 Å². The number of nitrogens with zero attached hydrogens (tertiary/aromatic N) is 2. The van der Waals surface area contributed by atoms with Crippen molar-refractivity contribution in [2.45, 2.75) is 72.1 Å². The molecule has 1 N–H and O–H groups in total. The van der Waals surface area contributed by atoms with Gasteiger partial charge in [0.25, 0.3) is 0 Å². The number of hydrogen-bond acceptors (Lipinski definition) is 7. The minimum Gasteiger partial charge on any atom is -0.497 e. The maximum absolute atomic E-state index is 13.7. The van der Waals surface area contributed by atoms with Gasteiger partial charge in [-0.1, -0.05) is 20.8 Å². The largest absolute Gasteiger partial charge is 0.497 e. The summed E-state index contributed by atoms with van der Waals surface area (Å²) < 4.78 is 10.9. The third-order valence-corrected chi connectivity index (χ3v) is 7.33. The molecule has 1 aromatic rings. The Hall–Kier alpha value is -2.71. The van der Waals surface area contributed by atoms with Gasteiger partial charge in [-0.3, -0.25) is 14.5 Å². The van der Waals surface area contributed by atoms with Gasteiger partial charge >= 0.3 is 6.09 Å². The summed E-state index contributed by atoms with van der Waals surface area (Å²) in [6.45, 7) is 15.7. The van der Waals surface area contributed by atoms with Crippen molar-refractivity contribution in [3.63, 3.8) is 0 Å². The number of rotatable bonds is 7. The molecule has 2 heterocycles. The van der Waals surface area contributed by atoms with Gasteiger partial charge in [0.1, 0.15) is 11.4 Å². The molecule has 8 heteroatoms. The van der Waals surface area contributed by atoms with Gasteiger partial charge in [-0.25, -0.2) is 4.79 Å². The van der Waals surface area contributed by atoms with E-state index in [9.17, 15) is 14.4 Å². The molecule has 3 rings (SSSR count). The van der Waals surface area contributed by atoms with Crippen molar-refractivity contribution in [2.75, 3.05) is 39.8 Å². The van der Waals surface area contributed by atoms with Crippen molar-refractivity contribution in [1.29, 1.82) is 0 Å². The monoisotopic (exact) mass is 527 g/mol. The topological polar surface area (TPSA) is 88.2 Å². The molecule has 3 unspecified atom stereocenters. The number of carbonyl (C=O) groups is 3. The minimum atomic E-state index is -0.573. The first-order chi connectivity index (χ1) is 17.8. The maximum atomic E-state index is 13.7. The van der Waals surface area contributed by atoms with Gasteiger partial charge in [0.15, 0.2) is 11.6 Å². The van der Waals surface area contributed by atoms with Crippen molar-refractivity contribution in [3.05, 3.63) is 42.0 Å².